The second-order valence-electron chi connectivity index (χ2n) is 11.5. The van der Waals surface area contributed by atoms with Crippen LogP contribution in [-0.2, 0) is 19.7 Å². The molecule has 0 radical (unpaired) electrons. The highest BCUT2D eigenvalue weighted by Crippen LogP contribution is 2.52. The molecule has 2 aliphatic carbocycles. The average molecular weight is 545 g/mol. The van der Waals surface area contributed by atoms with Gasteiger partial charge in [0, 0.05) is 5.56 Å². The smallest absolute Gasteiger partial charge is 0.412 e. The van der Waals surface area contributed by atoms with Crippen molar-refractivity contribution in [3.63, 3.8) is 0 Å². The van der Waals surface area contributed by atoms with Crippen molar-refractivity contribution in [2.75, 3.05) is 11.9 Å². The molecule has 0 spiro atoms. The summed E-state index contributed by atoms with van der Waals surface area (Å²) in [7, 11) is -1.66. The number of hydrogen-bond acceptors (Lipinski definition) is 6. The minimum atomic E-state index is -1.66. The normalized spacial score (nSPS) is 19.2. The van der Waals surface area contributed by atoms with Gasteiger partial charge in [0.25, 0.3) is 0 Å². The van der Waals surface area contributed by atoms with Crippen LogP contribution in [0.3, 0.4) is 0 Å². The molecule has 8 heteroatoms. The summed E-state index contributed by atoms with van der Waals surface area (Å²) < 4.78 is 16.5. The van der Waals surface area contributed by atoms with Crippen molar-refractivity contribution < 1.29 is 23.6 Å². The van der Waals surface area contributed by atoms with Crippen LogP contribution >= 0.6 is 0 Å². The molecule has 1 saturated carbocycles. The van der Waals surface area contributed by atoms with Crippen LogP contribution in [0.5, 0.6) is 0 Å². The number of benzene rings is 2. The van der Waals surface area contributed by atoms with Crippen molar-refractivity contribution in [1.29, 1.82) is 0 Å². The zero-order chi connectivity index (χ0) is 27.9. The topological polar surface area (TPSA) is 90.7 Å². The lowest BCUT2D eigenvalue weighted by atomic mass is 9.91. The van der Waals surface area contributed by atoms with Crippen LogP contribution in [0.15, 0.2) is 64.3 Å². The van der Waals surface area contributed by atoms with Crippen molar-refractivity contribution in [2.24, 2.45) is 5.92 Å². The SMILES string of the molecule is CCOC(=O)C1(c2ccc(-c3ccc(-c4onc(C)c4NC(=O)O[C@H](C)C4CC4)cc3)cc2)C=C1[Si](C)(C)C. The van der Waals surface area contributed by atoms with Gasteiger partial charge in [-0.1, -0.05) is 84.6 Å². The molecule has 0 aliphatic heterocycles. The van der Waals surface area contributed by atoms with Gasteiger partial charge in [-0.15, -0.1) is 0 Å². The molecule has 204 valence electrons. The molecular formula is C31H36N2O5Si. The molecule has 2 atom stereocenters. The first-order valence-corrected chi connectivity index (χ1v) is 17.1. The van der Waals surface area contributed by atoms with E-state index < -0.39 is 19.6 Å². The van der Waals surface area contributed by atoms with E-state index in [1.54, 1.807) is 6.92 Å². The average Bonchev–Trinajstić information content (AvgIpc) is 3.82. The van der Waals surface area contributed by atoms with E-state index in [9.17, 15) is 9.59 Å². The van der Waals surface area contributed by atoms with E-state index in [4.69, 9.17) is 14.0 Å². The Morgan fingerprint density at radius 1 is 1.05 bits per heavy atom. The Morgan fingerprint density at radius 2 is 1.64 bits per heavy atom. The van der Waals surface area contributed by atoms with Crippen molar-refractivity contribution in [2.45, 2.75) is 64.8 Å². The van der Waals surface area contributed by atoms with Gasteiger partial charge in [0.2, 0.25) is 0 Å². The molecule has 1 fully saturated rings. The molecule has 7 nitrogen and oxygen atoms in total. The number of rotatable bonds is 9. The van der Waals surface area contributed by atoms with Gasteiger partial charge in [0.1, 0.15) is 22.9 Å². The number of hydrogen-bond donors (Lipinski definition) is 1. The molecule has 39 heavy (non-hydrogen) atoms. The summed E-state index contributed by atoms with van der Waals surface area (Å²) >= 11 is 0. The van der Waals surface area contributed by atoms with Crippen LogP contribution in [0.4, 0.5) is 10.5 Å². The fraction of sp³-hybridized carbons (Fsp3) is 0.387. The monoisotopic (exact) mass is 544 g/mol. The Morgan fingerprint density at radius 3 is 2.18 bits per heavy atom. The highest BCUT2D eigenvalue weighted by Gasteiger charge is 2.57. The van der Waals surface area contributed by atoms with E-state index >= 15 is 0 Å². The van der Waals surface area contributed by atoms with E-state index in [1.165, 1.54) is 5.20 Å². The quantitative estimate of drug-likeness (QED) is 0.225. The lowest BCUT2D eigenvalue weighted by molar-refractivity contribution is -0.145. The van der Waals surface area contributed by atoms with Gasteiger partial charge >= 0.3 is 12.1 Å². The van der Waals surface area contributed by atoms with Crippen LogP contribution in [0.2, 0.25) is 19.6 Å². The van der Waals surface area contributed by atoms with Crippen molar-refractivity contribution >= 4 is 25.8 Å². The molecule has 2 aromatic carbocycles. The van der Waals surface area contributed by atoms with Crippen LogP contribution < -0.4 is 5.32 Å². The van der Waals surface area contributed by atoms with Gasteiger partial charge < -0.3 is 14.0 Å². The third-order valence-electron chi connectivity index (χ3n) is 7.60. The number of amides is 1. The predicted octanol–water partition coefficient (Wildman–Crippen LogP) is 7.28. The first-order valence-electron chi connectivity index (χ1n) is 13.6. The van der Waals surface area contributed by atoms with Gasteiger partial charge in [0.15, 0.2) is 5.76 Å². The number of aromatic nitrogens is 1. The lowest BCUT2D eigenvalue weighted by Gasteiger charge is -2.23. The number of carbonyl (C=O) groups is 2. The minimum Gasteiger partial charge on any atom is -0.465 e. The largest absolute Gasteiger partial charge is 0.465 e. The van der Waals surface area contributed by atoms with Crippen molar-refractivity contribution in [3.05, 3.63) is 71.1 Å². The number of anilines is 1. The Kier molecular flexibility index (Phi) is 7.01. The van der Waals surface area contributed by atoms with E-state index in [0.29, 0.717) is 29.7 Å². The molecule has 1 N–H and O–H groups in total. The van der Waals surface area contributed by atoms with Crippen LogP contribution in [0, 0.1) is 12.8 Å². The van der Waals surface area contributed by atoms with Gasteiger partial charge in [-0.2, -0.15) is 0 Å². The molecule has 1 heterocycles. The molecule has 1 aromatic heterocycles. The summed E-state index contributed by atoms with van der Waals surface area (Å²) in [5.41, 5.74) is 4.19. The third-order valence-corrected chi connectivity index (χ3v) is 9.75. The Labute approximate surface area is 230 Å². The summed E-state index contributed by atoms with van der Waals surface area (Å²) in [6, 6.07) is 16.0. The fourth-order valence-electron chi connectivity index (χ4n) is 5.17. The van der Waals surface area contributed by atoms with E-state index in [1.807, 2.05) is 62.4 Å². The minimum absolute atomic E-state index is 0.107. The van der Waals surface area contributed by atoms with Crippen LogP contribution in [-0.4, -0.2) is 38.0 Å². The number of esters is 1. The number of aryl methyl sites for hydroxylation is 1. The lowest BCUT2D eigenvalue weighted by Crippen LogP contribution is -2.34. The molecule has 1 amide bonds. The van der Waals surface area contributed by atoms with E-state index in [-0.39, 0.29) is 12.1 Å². The highest BCUT2D eigenvalue weighted by molar-refractivity contribution is 6.85. The summed E-state index contributed by atoms with van der Waals surface area (Å²) in [5, 5.41) is 8.10. The maximum Gasteiger partial charge on any atom is 0.412 e. The summed E-state index contributed by atoms with van der Waals surface area (Å²) in [5.74, 6) is 0.761. The number of nitrogens with one attached hydrogen (secondary N) is 1. The summed E-state index contributed by atoms with van der Waals surface area (Å²) in [4.78, 5) is 25.4. The first kappa shape index (κ1) is 26.9. The summed E-state index contributed by atoms with van der Waals surface area (Å²) in [6.07, 6.45) is 3.69. The zero-order valence-corrected chi connectivity index (χ0v) is 24.5. The molecule has 5 rings (SSSR count). The molecule has 3 aromatic rings. The maximum absolute atomic E-state index is 13.0. The Hall–Kier alpha value is -3.65. The first-order chi connectivity index (χ1) is 18.5. The number of ether oxygens (including phenoxy) is 2. The van der Waals surface area contributed by atoms with Gasteiger partial charge in [-0.3, -0.25) is 10.1 Å². The molecule has 0 bridgehead atoms. The Bertz CT molecular complexity index is 1410. The van der Waals surface area contributed by atoms with Gasteiger partial charge in [-0.25, -0.2) is 4.79 Å². The van der Waals surface area contributed by atoms with E-state index in [0.717, 1.165) is 35.1 Å². The second kappa shape index (κ2) is 10.1. The van der Waals surface area contributed by atoms with Gasteiger partial charge in [0.05, 0.1) is 14.7 Å². The number of nitrogens with zero attached hydrogens (tertiary/aromatic N) is 1. The highest BCUT2D eigenvalue weighted by atomic mass is 28.3. The molecule has 2 aliphatic rings. The predicted molar refractivity (Wildman–Crippen MR) is 154 cm³/mol. The summed E-state index contributed by atoms with van der Waals surface area (Å²) in [6.45, 7) is 12.7. The van der Waals surface area contributed by atoms with Crippen LogP contribution in [0.25, 0.3) is 22.5 Å². The number of carbonyl (C=O) groups excluding carboxylic acids is 2. The van der Waals surface area contributed by atoms with Crippen LogP contribution in [0.1, 0.15) is 37.9 Å². The molecular weight excluding hydrogens is 508 g/mol. The third kappa shape index (κ3) is 5.30. The zero-order valence-electron chi connectivity index (χ0n) is 23.5. The standard InChI is InChI=1S/C31H36N2O5Si/c1-7-36-29(34)31(18-26(31)39(4,5)6)25-16-14-23(15-17-25)22-10-12-24(13-11-22)28-27(19(2)33-38-28)32-30(35)37-20(3)21-8-9-21/h10-18,20-21H,7-9H2,1-6H3,(H,32,35)/t20-,31?/m1/s1. The van der Waals surface area contributed by atoms with Crippen molar-refractivity contribution in [1.82, 2.24) is 5.16 Å². The van der Waals surface area contributed by atoms with Gasteiger partial charge in [-0.05, 0) is 56.2 Å². The fourth-order valence-corrected chi connectivity index (χ4v) is 7.25. The molecule has 0 saturated heterocycles. The Balaban J connectivity index is 1.33. The van der Waals surface area contributed by atoms with E-state index in [2.05, 4.69) is 36.2 Å². The maximum atomic E-state index is 13.0. The second-order valence-corrected chi connectivity index (χ2v) is 16.6. The molecule has 1 unspecified atom stereocenters. The van der Waals surface area contributed by atoms with Crippen molar-refractivity contribution in [3.8, 4) is 22.5 Å².